The summed E-state index contributed by atoms with van der Waals surface area (Å²) in [5.74, 6) is 0.0707. The van der Waals surface area contributed by atoms with Crippen molar-refractivity contribution in [2.45, 2.75) is 26.6 Å². The van der Waals surface area contributed by atoms with Crippen molar-refractivity contribution < 1.29 is 19.3 Å². The van der Waals surface area contributed by atoms with Crippen LogP contribution in [0.5, 0.6) is 5.75 Å². The molecule has 92 valence electrons. The van der Waals surface area contributed by atoms with E-state index in [1.807, 2.05) is 25.1 Å². The molecule has 0 heterocycles. The Labute approximate surface area is 101 Å². The number of benzene rings is 1. The number of carbonyl (C=O) groups excluding carboxylic acids is 1. The van der Waals surface area contributed by atoms with Gasteiger partial charge in [0, 0.05) is 12.5 Å². The summed E-state index contributed by atoms with van der Waals surface area (Å²) in [5, 5.41) is 0. The second kappa shape index (κ2) is 6.70. The molecule has 0 radical (unpaired) electrons. The number of hydrogen-bond donors (Lipinski definition) is 0. The van der Waals surface area contributed by atoms with Crippen molar-refractivity contribution in [1.82, 2.24) is 0 Å². The Kier molecular flexibility index (Phi) is 5.23. The Balaban J connectivity index is 2.33. The molecule has 0 bridgehead atoms. The lowest BCUT2D eigenvalue weighted by molar-refractivity contribution is -0.327. The molecule has 0 fully saturated rings. The highest BCUT2D eigenvalue weighted by molar-refractivity contribution is 5.87. The van der Waals surface area contributed by atoms with Crippen molar-refractivity contribution in [2.75, 3.05) is 0 Å². The number of para-hydroxylation sites is 1. The van der Waals surface area contributed by atoms with Gasteiger partial charge in [-0.2, -0.15) is 0 Å². The Morgan fingerprint density at radius 2 is 2.00 bits per heavy atom. The summed E-state index contributed by atoms with van der Waals surface area (Å²) in [6.07, 6.45) is -0.151. The lowest BCUT2D eigenvalue weighted by Gasteiger charge is -2.13. The van der Waals surface area contributed by atoms with Gasteiger partial charge >= 0.3 is 5.97 Å². The van der Waals surface area contributed by atoms with Crippen LogP contribution in [0.1, 0.15) is 20.3 Å². The van der Waals surface area contributed by atoms with Gasteiger partial charge in [0.25, 0.3) is 0 Å². The van der Waals surface area contributed by atoms with Gasteiger partial charge in [-0.25, -0.2) is 4.79 Å². The summed E-state index contributed by atoms with van der Waals surface area (Å²) in [6, 6.07) is 9.13. The average molecular weight is 236 g/mol. The molecule has 0 aliphatic carbocycles. The highest BCUT2D eigenvalue weighted by atomic mass is 17.2. The van der Waals surface area contributed by atoms with Crippen LogP contribution in [0.3, 0.4) is 0 Å². The molecule has 0 aliphatic heterocycles. The standard InChI is InChI=1S/C13H16O4/c1-4-10(2)13(14)17-16-11(3)15-12-8-6-5-7-9-12/h5-9,11H,2,4H2,1,3H3. The van der Waals surface area contributed by atoms with Crippen molar-refractivity contribution in [3.8, 4) is 5.75 Å². The van der Waals surface area contributed by atoms with Crippen molar-refractivity contribution in [2.24, 2.45) is 0 Å². The number of carbonyl (C=O) groups is 1. The third kappa shape index (κ3) is 4.70. The average Bonchev–Trinajstić information content (AvgIpc) is 2.36. The molecule has 1 unspecified atom stereocenters. The first-order valence-electron chi connectivity index (χ1n) is 5.40. The molecule has 0 aromatic heterocycles. The van der Waals surface area contributed by atoms with Crippen LogP contribution in [0.25, 0.3) is 0 Å². The first-order chi connectivity index (χ1) is 8.13. The summed E-state index contributed by atoms with van der Waals surface area (Å²) in [7, 11) is 0. The normalized spacial score (nSPS) is 11.6. The fraction of sp³-hybridized carbons (Fsp3) is 0.308. The first kappa shape index (κ1) is 13.3. The first-order valence-corrected chi connectivity index (χ1v) is 5.40. The summed E-state index contributed by atoms with van der Waals surface area (Å²) < 4.78 is 5.35. The molecule has 1 aromatic carbocycles. The molecule has 0 saturated heterocycles. The van der Waals surface area contributed by atoms with Gasteiger partial charge in [-0.1, -0.05) is 31.7 Å². The van der Waals surface area contributed by atoms with E-state index in [2.05, 4.69) is 11.5 Å². The van der Waals surface area contributed by atoms with Gasteiger partial charge in [0.2, 0.25) is 6.29 Å². The molecule has 0 saturated carbocycles. The molecule has 0 N–H and O–H groups in total. The van der Waals surface area contributed by atoms with Crippen LogP contribution < -0.4 is 4.74 Å². The van der Waals surface area contributed by atoms with Crippen LogP contribution in [0.15, 0.2) is 42.5 Å². The van der Waals surface area contributed by atoms with Gasteiger partial charge in [-0.05, 0) is 18.6 Å². The molecular formula is C13H16O4. The lowest BCUT2D eigenvalue weighted by atomic mass is 10.2. The molecule has 4 heteroatoms. The minimum Gasteiger partial charge on any atom is -0.461 e. The van der Waals surface area contributed by atoms with Crippen molar-refractivity contribution in [3.05, 3.63) is 42.5 Å². The maximum Gasteiger partial charge on any atom is 0.368 e. The lowest BCUT2D eigenvalue weighted by Crippen LogP contribution is -2.19. The third-order valence-electron chi connectivity index (χ3n) is 2.02. The minimum absolute atomic E-state index is 0.358. The van der Waals surface area contributed by atoms with Gasteiger partial charge < -0.3 is 4.74 Å². The van der Waals surface area contributed by atoms with Gasteiger partial charge in [0.05, 0.1) is 0 Å². The molecule has 17 heavy (non-hydrogen) atoms. The largest absolute Gasteiger partial charge is 0.461 e. The van der Waals surface area contributed by atoms with Gasteiger partial charge in [0.15, 0.2) is 0 Å². The van der Waals surface area contributed by atoms with E-state index in [9.17, 15) is 4.79 Å². The Bertz CT molecular complexity index is 372. The van der Waals surface area contributed by atoms with Crippen molar-refractivity contribution in [3.63, 3.8) is 0 Å². The predicted molar refractivity (Wildman–Crippen MR) is 63.1 cm³/mol. The van der Waals surface area contributed by atoms with Gasteiger partial charge in [-0.15, -0.1) is 4.89 Å². The van der Waals surface area contributed by atoms with Crippen molar-refractivity contribution in [1.29, 1.82) is 0 Å². The molecule has 1 atom stereocenters. The molecule has 0 aliphatic rings. The second-order valence-corrected chi connectivity index (χ2v) is 3.42. The quantitative estimate of drug-likeness (QED) is 0.330. The molecular weight excluding hydrogens is 220 g/mol. The zero-order chi connectivity index (χ0) is 12.7. The summed E-state index contributed by atoms with van der Waals surface area (Å²) >= 11 is 0. The number of rotatable bonds is 6. The van der Waals surface area contributed by atoms with Gasteiger partial charge in [-0.3, -0.25) is 4.89 Å². The minimum atomic E-state index is -0.675. The smallest absolute Gasteiger partial charge is 0.368 e. The Morgan fingerprint density at radius 3 is 2.59 bits per heavy atom. The van der Waals surface area contributed by atoms with Crippen LogP contribution in [-0.2, 0) is 14.6 Å². The summed E-state index contributed by atoms with van der Waals surface area (Å²) in [5.41, 5.74) is 0.358. The highest BCUT2D eigenvalue weighted by Crippen LogP contribution is 2.11. The van der Waals surface area contributed by atoms with Crippen LogP contribution in [0, 0.1) is 0 Å². The fourth-order valence-electron chi connectivity index (χ4n) is 1.03. The zero-order valence-corrected chi connectivity index (χ0v) is 10.0. The number of ether oxygens (including phenoxy) is 1. The van der Waals surface area contributed by atoms with Crippen LogP contribution in [0.4, 0.5) is 0 Å². The monoisotopic (exact) mass is 236 g/mol. The summed E-state index contributed by atoms with van der Waals surface area (Å²) in [4.78, 5) is 20.6. The topological polar surface area (TPSA) is 44.8 Å². The van der Waals surface area contributed by atoms with E-state index in [4.69, 9.17) is 9.62 Å². The van der Waals surface area contributed by atoms with Gasteiger partial charge in [0.1, 0.15) is 5.75 Å². The van der Waals surface area contributed by atoms with E-state index in [0.29, 0.717) is 17.7 Å². The van der Waals surface area contributed by atoms with E-state index in [0.717, 1.165) is 0 Å². The molecule has 1 rings (SSSR count). The van der Waals surface area contributed by atoms with E-state index in [-0.39, 0.29) is 0 Å². The fourth-order valence-corrected chi connectivity index (χ4v) is 1.03. The number of hydrogen-bond acceptors (Lipinski definition) is 4. The Morgan fingerprint density at radius 1 is 1.35 bits per heavy atom. The third-order valence-corrected chi connectivity index (χ3v) is 2.02. The van der Waals surface area contributed by atoms with Crippen LogP contribution >= 0.6 is 0 Å². The van der Waals surface area contributed by atoms with Crippen LogP contribution in [-0.4, -0.2) is 12.3 Å². The predicted octanol–water partition coefficient (Wildman–Crippen LogP) is 2.85. The Hall–Kier alpha value is -1.81. The zero-order valence-electron chi connectivity index (χ0n) is 10.0. The summed E-state index contributed by atoms with van der Waals surface area (Å²) in [6.45, 7) is 6.99. The van der Waals surface area contributed by atoms with Crippen molar-refractivity contribution >= 4 is 5.97 Å². The molecule has 4 nitrogen and oxygen atoms in total. The van der Waals surface area contributed by atoms with E-state index >= 15 is 0 Å². The van der Waals surface area contributed by atoms with Crippen LogP contribution in [0.2, 0.25) is 0 Å². The van der Waals surface area contributed by atoms with E-state index < -0.39 is 12.3 Å². The highest BCUT2D eigenvalue weighted by Gasteiger charge is 2.11. The maximum absolute atomic E-state index is 11.2. The van der Waals surface area contributed by atoms with E-state index in [1.165, 1.54) is 0 Å². The van der Waals surface area contributed by atoms with E-state index in [1.54, 1.807) is 19.1 Å². The SMILES string of the molecule is C=C(CC)C(=O)OOC(C)Oc1ccccc1. The molecule has 0 amide bonds. The maximum atomic E-state index is 11.2. The second-order valence-electron chi connectivity index (χ2n) is 3.42. The molecule has 1 aromatic rings. The molecule has 0 spiro atoms.